The number of hydrogen-bond donors (Lipinski definition) is 2. The first kappa shape index (κ1) is 11.8. The predicted octanol–water partition coefficient (Wildman–Crippen LogP) is 0.597. The Hall–Kier alpha value is -1.26. The smallest absolute Gasteiger partial charge is 0.257 e. The van der Waals surface area contributed by atoms with Crippen molar-refractivity contribution in [3.8, 4) is 5.75 Å². The van der Waals surface area contributed by atoms with E-state index in [9.17, 15) is 9.90 Å². The summed E-state index contributed by atoms with van der Waals surface area (Å²) in [7, 11) is 0. The number of phenols is 1. The molecule has 0 atom stereocenters. The predicted molar refractivity (Wildman–Crippen MR) is 59.2 cm³/mol. The molecule has 2 rings (SSSR count). The number of aromatic hydroxyl groups is 1. The molecule has 1 saturated heterocycles. The first-order chi connectivity index (χ1) is 6.68. The second-order valence-corrected chi connectivity index (χ2v) is 3.49. The third-order valence-electron chi connectivity index (χ3n) is 2.33. The minimum absolute atomic E-state index is 0. The molecular formula is C10H13ClN2O2. The van der Waals surface area contributed by atoms with Crippen molar-refractivity contribution in [2.45, 2.75) is 6.04 Å². The molecule has 1 aromatic carbocycles. The summed E-state index contributed by atoms with van der Waals surface area (Å²) < 4.78 is 0. The maximum Gasteiger partial charge on any atom is 0.257 e. The molecule has 15 heavy (non-hydrogen) atoms. The zero-order valence-electron chi connectivity index (χ0n) is 8.09. The molecule has 4 nitrogen and oxygen atoms in total. The number of amides is 1. The standard InChI is InChI=1S/C10H12N2O2.ClH/c11-7-5-12(6-7)10(14)8-3-1-2-4-9(8)13;/h1-4,7,13H,5-6,11H2;1H. The topological polar surface area (TPSA) is 66.6 Å². The van der Waals surface area contributed by atoms with Crippen molar-refractivity contribution in [3.63, 3.8) is 0 Å². The molecule has 1 aliphatic rings. The fraction of sp³-hybridized carbons (Fsp3) is 0.300. The Bertz CT molecular complexity index is 364. The van der Waals surface area contributed by atoms with E-state index in [0.29, 0.717) is 18.7 Å². The highest BCUT2D eigenvalue weighted by molar-refractivity contribution is 5.97. The van der Waals surface area contributed by atoms with Crippen LogP contribution in [0.1, 0.15) is 10.4 Å². The first-order valence-corrected chi connectivity index (χ1v) is 4.51. The molecule has 0 unspecified atom stereocenters. The Morgan fingerprint density at radius 3 is 2.53 bits per heavy atom. The minimum Gasteiger partial charge on any atom is -0.507 e. The molecule has 0 aromatic heterocycles. The van der Waals surface area contributed by atoms with Crippen LogP contribution >= 0.6 is 12.4 Å². The molecule has 0 bridgehead atoms. The van der Waals surface area contributed by atoms with E-state index in [1.165, 1.54) is 6.07 Å². The van der Waals surface area contributed by atoms with E-state index in [-0.39, 0.29) is 30.1 Å². The van der Waals surface area contributed by atoms with E-state index in [1.54, 1.807) is 23.1 Å². The fourth-order valence-electron chi connectivity index (χ4n) is 1.50. The molecule has 5 heteroatoms. The third kappa shape index (κ3) is 2.22. The Labute approximate surface area is 94.1 Å². The van der Waals surface area contributed by atoms with Crippen molar-refractivity contribution in [3.05, 3.63) is 29.8 Å². The highest BCUT2D eigenvalue weighted by Gasteiger charge is 2.29. The monoisotopic (exact) mass is 228 g/mol. The van der Waals surface area contributed by atoms with E-state index in [1.807, 2.05) is 0 Å². The first-order valence-electron chi connectivity index (χ1n) is 4.51. The van der Waals surface area contributed by atoms with E-state index in [0.717, 1.165) is 0 Å². The van der Waals surface area contributed by atoms with Gasteiger partial charge in [-0.15, -0.1) is 12.4 Å². The molecular weight excluding hydrogens is 216 g/mol. The number of phenolic OH excluding ortho intramolecular Hbond substituents is 1. The Balaban J connectivity index is 0.00000112. The van der Waals surface area contributed by atoms with Gasteiger partial charge in [-0.05, 0) is 12.1 Å². The van der Waals surface area contributed by atoms with Gasteiger partial charge in [-0.2, -0.15) is 0 Å². The van der Waals surface area contributed by atoms with Crippen molar-refractivity contribution >= 4 is 18.3 Å². The number of nitrogens with zero attached hydrogens (tertiary/aromatic N) is 1. The van der Waals surface area contributed by atoms with Crippen LogP contribution in [0.2, 0.25) is 0 Å². The molecule has 1 aliphatic heterocycles. The molecule has 0 radical (unpaired) electrons. The normalized spacial score (nSPS) is 15.4. The van der Waals surface area contributed by atoms with E-state index < -0.39 is 0 Å². The molecule has 0 saturated carbocycles. The van der Waals surface area contributed by atoms with Crippen molar-refractivity contribution in [1.82, 2.24) is 4.90 Å². The van der Waals surface area contributed by atoms with Gasteiger partial charge in [0.2, 0.25) is 0 Å². The van der Waals surface area contributed by atoms with Gasteiger partial charge in [0, 0.05) is 19.1 Å². The number of carbonyl (C=O) groups excluding carboxylic acids is 1. The quantitative estimate of drug-likeness (QED) is 0.740. The van der Waals surface area contributed by atoms with Crippen molar-refractivity contribution in [2.75, 3.05) is 13.1 Å². The lowest BCUT2D eigenvalue weighted by molar-refractivity contribution is 0.0605. The van der Waals surface area contributed by atoms with Gasteiger partial charge in [0.15, 0.2) is 0 Å². The maximum absolute atomic E-state index is 11.7. The fourth-order valence-corrected chi connectivity index (χ4v) is 1.50. The summed E-state index contributed by atoms with van der Waals surface area (Å²) in [6.07, 6.45) is 0. The Kier molecular flexibility index (Phi) is 3.55. The van der Waals surface area contributed by atoms with Gasteiger partial charge >= 0.3 is 0 Å². The summed E-state index contributed by atoms with van der Waals surface area (Å²) >= 11 is 0. The summed E-state index contributed by atoms with van der Waals surface area (Å²) in [5.41, 5.74) is 5.91. The van der Waals surface area contributed by atoms with Gasteiger partial charge in [-0.1, -0.05) is 12.1 Å². The SMILES string of the molecule is Cl.NC1CN(C(=O)c2ccccc2O)C1. The summed E-state index contributed by atoms with van der Waals surface area (Å²) in [6, 6.07) is 6.62. The molecule has 1 aromatic rings. The van der Waals surface area contributed by atoms with Gasteiger partial charge in [0.1, 0.15) is 5.75 Å². The minimum atomic E-state index is -0.148. The zero-order chi connectivity index (χ0) is 10.1. The lowest BCUT2D eigenvalue weighted by atomic mass is 10.1. The van der Waals surface area contributed by atoms with Gasteiger partial charge in [0.25, 0.3) is 5.91 Å². The van der Waals surface area contributed by atoms with E-state index >= 15 is 0 Å². The van der Waals surface area contributed by atoms with Crippen LogP contribution in [0.3, 0.4) is 0 Å². The van der Waals surface area contributed by atoms with Crippen molar-refractivity contribution in [2.24, 2.45) is 5.73 Å². The Morgan fingerprint density at radius 1 is 1.40 bits per heavy atom. The summed E-state index contributed by atoms with van der Waals surface area (Å²) in [6.45, 7) is 1.15. The number of carbonyl (C=O) groups is 1. The van der Waals surface area contributed by atoms with Crippen LogP contribution in [0.5, 0.6) is 5.75 Å². The molecule has 1 heterocycles. The van der Waals surface area contributed by atoms with Crippen LogP contribution in [0.25, 0.3) is 0 Å². The lowest BCUT2D eigenvalue weighted by Gasteiger charge is -2.36. The number of rotatable bonds is 1. The number of nitrogens with two attached hydrogens (primary N) is 1. The number of halogens is 1. The summed E-state index contributed by atoms with van der Waals surface area (Å²) in [4.78, 5) is 13.3. The van der Waals surface area contributed by atoms with E-state index in [2.05, 4.69) is 0 Å². The van der Waals surface area contributed by atoms with Crippen LogP contribution in [0, 0.1) is 0 Å². The van der Waals surface area contributed by atoms with Gasteiger partial charge in [-0.25, -0.2) is 0 Å². The van der Waals surface area contributed by atoms with Gasteiger partial charge < -0.3 is 15.7 Å². The van der Waals surface area contributed by atoms with Gasteiger partial charge in [-0.3, -0.25) is 4.79 Å². The van der Waals surface area contributed by atoms with E-state index in [4.69, 9.17) is 5.73 Å². The second kappa shape index (κ2) is 4.51. The Morgan fingerprint density at radius 2 is 2.00 bits per heavy atom. The van der Waals surface area contributed by atoms with Crippen LogP contribution in [0.4, 0.5) is 0 Å². The lowest BCUT2D eigenvalue weighted by Crippen LogP contribution is -2.57. The number of likely N-dealkylation sites (tertiary alicyclic amines) is 1. The largest absolute Gasteiger partial charge is 0.507 e. The van der Waals surface area contributed by atoms with Crippen LogP contribution in [-0.4, -0.2) is 35.0 Å². The molecule has 0 spiro atoms. The zero-order valence-corrected chi connectivity index (χ0v) is 8.91. The highest BCUT2D eigenvalue weighted by Crippen LogP contribution is 2.20. The summed E-state index contributed by atoms with van der Waals surface area (Å²) in [5.74, 6) is -0.122. The highest BCUT2D eigenvalue weighted by atomic mass is 35.5. The van der Waals surface area contributed by atoms with Crippen LogP contribution < -0.4 is 5.73 Å². The number of para-hydroxylation sites is 1. The maximum atomic E-state index is 11.7. The van der Waals surface area contributed by atoms with Crippen molar-refractivity contribution in [1.29, 1.82) is 0 Å². The molecule has 1 fully saturated rings. The molecule has 3 N–H and O–H groups in total. The van der Waals surface area contributed by atoms with Gasteiger partial charge in [0.05, 0.1) is 5.56 Å². The second-order valence-electron chi connectivity index (χ2n) is 3.49. The van der Waals surface area contributed by atoms with Crippen LogP contribution in [0.15, 0.2) is 24.3 Å². The molecule has 82 valence electrons. The molecule has 1 amide bonds. The average Bonchev–Trinajstić information content (AvgIpc) is 2.13. The van der Waals surface area contributed by atoms with Crippen LogP contribution in [-0.2, 0) is 0 Å². The number of benzene rings is 1. The molecule has 0 aliphatic carbocycles. The third-order valence-corrected chi connectivity index (χ3v) is 2.33. The summed E-state index contributed by atoms with van der Waals surface area (Å²) in [5, 5.41) is 9.44. The van der Waals surface area contributed by atoms with Crippen molar-refractivity contribution < 1.29 is 9.90 Å². The average molecular weight is 229 g/mol. The number of hydrogen-bond acceptors (Lipinski definition) is 3.